The van der Waals surface area contributed by atoms with E-state index in [1.165, 1.54) is 43.3 Å². The molecule has 2 rings (SSSR count). The third-order valence-electron chi connectivity index (χ3n) is 3.46. The van der Waals surface area contributed by atoms with Crippen molar-refractivity contribution in [1.29, 1.82) is 0 Å². The third kappa shape index (κ3) is 4.57. The molecular formula is C18H18N2O5. The summed E-state index contributed by atoms with van der Waals surface area (Å²) in [5, 5.41) is 12.3. The fourth-order valence-electron chi connectivity index (χ4n) is 2.05. The molecule has 25 heavy (non-hydrogen) atoms. The minimum Gasteiger partial charge on any atom is -0.507 e. The average Bonchev–Trinajstić information content (AvgIpc) is 2.57. The maximum atomic E-state index is 12.1. The summed E-state index contributed by atoms with van der Waals surface area (Å²) in [6, 6.07) is 10.5. The average molecular weight is 342 g/mol. The van der Waals surface area contributed by atoms with Crippen molar-refractivity contribution in [3.63, 3.8) is 0 Å². The number of aryl methyl sites for hydroxylation is 1. The molecule has 0 bridgehead atoms. The van der Waals surface area contributed by atoms with Crippen molar-refractivity contribution >= 4 is 23.5 Å². The number of hydrogen-bond donors (Lipinski definition) is 3. The van der Waals surface area contributed by atoms with E-state index >= 15 is 0 Å². The van der Waals surface area contributed by atoms with E-state index in [2.05, 4.69) is 5.32 Å². The van der Waals surface area contributed by atoms with Gasteiger partial charge in [0.05, 0.1) is 0 Å². The van der Waals surface area contributed by atoms with Crippen molar-refractivity contribution < 1.29 is 24.2 Å². The minimum atomic E-state index is -1.08. The van der Waals surface area contributed by atoms with Crippen molar-refractivity contribution in [3.05, 3.63) is 59.2 Å². The molecule has 0 radical (unpaired) electrons. The Morgan fingerprint density at radius 1 is 1.12 bits per heavy atom. The number of ether oxygens (including phenoxy) is 1. The lowest BCUT2D eigenvalue weighted by Crippen LogP contribution is -2.30. The monoisotopic (exact) mass is 342 g/mol. The highest BCUT2D eigenvalue weighted by Gasteiger charge is 2.21. The third-order valence-corrected chi connectivity index (χ3v) is 3.46. The quantitative estimate of drug-likeness (QED) is 0.718. The van der Waals surface area contributed by atoms with Crippen molar-refractivity contribution in [2.75, 3.05) is 5.32 Å². The number of nitrogens with one attached hydrogen (secondary N) is 1. The Hall–Kier alpha value is -3.35. The molecule has 0 aromatic heterocycles. The van der Waals surface area contributed by atoms with Crippen molar-refractivity contribution in [1.82, 2.24) is 0 Å². The first kappa shape index (κ1) is 18.0. The highest BCUT2D eigenvalue weighted by atomic mass is 16.5. The topological polar surface area (TPSA) is 119 Å². The first-order chi connectivity index (χ1) is 11.8. The van der Waals surface area contributed by atoms with Gasteiger partial charge in [0.2, 0.25) is 5.91 Å². The molecule has 2 amide bonds. The van der Waals surface area contributed by atoms with E-state index in [4.69, 9.17) is 10.5 Å². The summed E-state index contributed by atoms with van der Waals surface area (Å²) in [6.07, 6.45) is -1.08. The predicted octanol–water partition coefficient (Wildman–Crippen LogP) is 1.98. The van der Waals surface area contributed by atoms with Gasteiger partial charge in [-0.3, -0.25) is 9.59 Å². The van der Waals surface area contributed by atoms with Crippen LogP contribution in [0.4, 0.5) is 5.69 Å². The van der Waals surface area contributed by atoms with Gasteiger partial charge in [-0.05, 0) is 50.2 Å². The van der Waals surface area contributed by atoms with Crippen LogP contribution in [0.3, 0.4) is 0 Å². The zero-order chi connectivity index (χ0) is 18.6. The molecule has 0 heterocycles. The fourth-order valence-corrected chi connectivity index (χ4v) is 2.05. The van der Waals surface area contributed by atoms with Gasteiger partial charge in [0.1, 0.15) is 11.3 Å². The van der Waals surface area contributed by atoms with Crippen LogP contribution in [0.5, 0.6) is 5.75 Å². The summed E-state index contributed by atoms with van der Waals surface area (Å²) in [5.41, 5.74) is 6.65. The van der Waals surface area contributed by atoms with E-state index < -0.39 is 23.9 Å². The molecule has 0 unspecified atom stereocenters. The maximum Gasteiger partial charge on any atom is 0.342 e. The summed E-state index contributed by atoms with van der Waals surface area (Å²) in [5.74, 6) is -2.14. The van der Waals surface area contributed by atoms with Crippen LogP contribution in [0.2, 0.25) is 0 Å². The highest BCUT2D eigenvalue weighted by molar-refractivity contribution is 5.99. The Balaban J connectivity index is 2.01. The van der Waals surface area contributed by atoms with E-state index in [-0.39, 0.29) is 11.3 Å². The molecule has 130 valence electrons. The van der Waals surface area contributed by atoms with E-state index in [9.17, 15) is 19.5 Å². The second kappa shape index (κ2) is 7.48. The Labute approximate surface area is 144 Å². The molecule has 2 aromatic rings. The maximum absolute atomic E-state index is 12.1. The van der Waals surface area contributed by atoms with E-state index in [1.807, 2.05) is 0 Å². The standard InChI is InChI=1S/C18H18N2O5/c1-10-3-8-15(21)14(9-10)18(24)25-11(2)17(23)20-13-6-4-12(5-7-13)16(19)22/h3-9,11,21H,1-2H3,(H2,19,22)(H,20,23)/t11-/m1/s1. The van der Waals surface area contributed by atoms with Gasteiger partial charge in [-0.2, -0.15) is 0 Å². The van der Waals surface area contributed by atoms with Crippen LogP contribution in [-0.4, -0.2) is 29.0 Å². The summed E-state index contributed by atoms with van der Waals surface area (Å²) in [7, 11) is 0. The summed E-state index contributed by atoms with van der Waals surface area (Å²) in [6.45, 7) is 3.18. The number of primary amides is 1. The number of phenolic OH excluding ortho intramolecular Hbond substituents is 1. The molecule has 0 aliphatic carbocycles. The first-order valence-corrected chi connectivity index (χ1v) is 7.49. The Morgan fingerprint density at radius 2 is 1.76 bits per heavy atom. The van der Waals surface area contributed by atoms with Crippen LogP contribution in [0.1, 0.15) is 33.2 Å². The Morgan fingerprint density at radius 3 is 2.36 bits per heavy atom. The number of anilines is 1. The SMILES string of the molecule is Cc1ccc(O)c(C(=O)O[C@H](C)C(=O)Nc2ccc(C(N)=O)cc2)c1. The molecule has 0 saturated heterocycles. The van der Waals surface area contributed by atoms with Crippen molar-refractivity contribution in [2.45, 2.75) is 20.0 Å². The van der Waals surface area contributed by atoms with E-state index in [1.54, 1.807) is 13.0 Å². The normalized spacial score (nSPS) is 11.4. The number of benzene rings is 2. The van der Waals surface area contributed by atoms with E-state index in [0.29, 0.717) is 11.3 Å². The second-order valence-corrected chi connectivity index (χ2v) is 5.50. The van der Waals surface area contributed by atoms with Gasteiger partial charge >= 0.3 is 5.97 Å². The zero-order valence-electron chi connectivity index (χ0n) is 13.8. The number of esters is 1. The molecule has 1 atom stereocenters. The number of aromatic hydroxyl groups is 1. The van der Waals surface area contributed by atoms with E-state index in [0.717, 1.165) is 5.56 Å². The van der Waals surface area contributed by atoms with Crippen LogP contribution >= 0.6 is 0 Å². The number of phenols is 1. The molecular weight excluding hydrogens is 324 g/mol. The van der Waals surface area contributed by atoms with Crippen molar-refractivity contribution in [2.24, 2.45) is 5.73 Å². The summed E-state index contributed by atoms with van der Waals surface area (Å²) < 4.78 is 5.08. The molecule has 0 aliphatic rings. The van der Waals surface area contributed by atoms with Gasteiger partial charge in [-0.15, -0.1) is 0 Å². The van der Waals surface area contributed by atoms with Crippen LogP contribution < -0.4 is 11.1 Å². The number of nitrogens with two attached hydrogens (primary N) is 1. The van der Waals surface area contributed by atoms with Crippen LogP contribution in [0, 0.1) is 6.92 Å². The molecule has 2 aromatic carbocycles. The number of hydrogen-bond acceptors (Lipinski definition) is 5. The molecule has 7 nitrogen and oxygen atoms in total. The zero-order valence-corrected chi connectivity index (χ0v) is 13.8. The number of rotatable bonds is 5. The summed E-state index contributed by atoms with van der Waals surface area (Å²) in [4.78, 5) is 35.2. The lowest BCUT2D eigenvalue weighted by atomic mass is 10.1. The van der Waals surface area contributed by atoms with Crippen LogP contribution in [0.25, 0.3) is 0 Å². The lowest BCUT2D eigenvalue weighted by Gasteiger charge is -2.14. The Kier molecular flexibility index (Phi) is 5.38. The number of carbonyl (C=O) groups excluding carboxylic acids is 3. The van der Waals surface area contributed by atoms with Gasteiger partial charge in [0.15, 0.2) is 6.10 Å². The highest BCUT2D eigenvalue weighted by Crippen LogP contribution is 2.20. The number of amides is 2. The number of carbonyl (C=O) groups is 3. The second-order valence-electron chi connectivity index (χ2n) is 5.50. The predicted molar refractivity (Wildman–Crippen MR) is 91.3 cm³/mol. The van der Waals surface area contributed by atoms with Crippen LogP contribution in [0.15, 0.2) is 42.5 Å². The summed E-state index contributed by atoms with van der Waals surface area (Å²) >= 11 is 0. The smallest absolute Gasteiger partial charge is 0.342 e. The largest absolute Gasteiger partial charge is 0.507 e. The molecule has 0 spiro atoms. The molecule has 0 aliphatic heterocycles. The minimum absolute atomic E-state index is 0.00883. The molecule has 0 fully saturated rings. The lowest BCUT2D eigenvalue weighted by molar-refractivity contribution is -0.123. The van der Waals surface area contributed by atoms with Gasteiger partial charge in [-0.1, -0.05) is 11.6 Å². The molecule has 0 saturated carbocycles. The van der Waals surface area contributed by atoms with Crippen molar-refractivity contribution in [3.8, 4) is 5.75 Å². The van der Waals surface area contributed by atoms with Gasteiger partial charge in [0.25, 0.3) is 5.91 Å². The fraction of sp³-hybridized carbons (Fsp3) is 0.167. The molecule has 7 heteroatoms. The van der Waals surface area contributed by atoms with Gasteiger partial charge in [0, 0.05) is 11.3 Å². The first-order valence-electron chi connectivity index (χ1n) is 7.49. The van der Waals surface area contributed by atoms with Gasteiger partial charge < -0.3 is 20.9 Å². The van der Waals surface area contributed by atoms with Crippen LogP contribution in [-0.2, 0) is 9.53 Å². The Bertz CT molecular complexity index is 815. The van der Waals surface area contributed by atoms with Gasteiger partial charge in [-0.25, -0.2) is 4.79 Å². The molecule has 4 N–H and O–H groups in total.